The van der Waals surface area contributed by atoms with Gasteiger partial charge >= 0.3 is 0 Å². The summed E-state index contributed by atoms with van der Waals surface area (Å²) in [6.45, 7) is 1.98. The number of fused-ring (bicyclic) bond motifs is 1. The van der Waals surface area contributed by atoms with Gasteiger partial charge in [0.2, 0.25) is 10.0 Å². The van der Waals surface area contributed by atoms with Crippen LogP contribution in [0.2, 0.25) is 0 Å². The Morgan fingerprint density at radius 3 is 2.75 bits per heavy atom. The standard InChI is InChI=1S/C17H23N3O3S/c1-13(19-24(22,23)12-14-6-2-3-7-14)11-20-17(21)16-9-5-4-8-15(16)10-18-20/h4-5,8-10,13-14,19H,2-3,6-7,11-12H2,1H3. The van der Waals surface area contributed by atoms with Gasteiger partial charge in [-0.1, -0.05) is 31.0 Å². The second-order valence-corrected chi connectivity index (χ2v) is 8.47. The second kappa shape index (κ2) is 7.03. The van der Waals surface area contributed by atoms with Crippen molar-refractivity contribution in [1.29, 1.82) is 0 Å². The summed E-state index contributed by atoms with van der Waals surface area (Å²) in [7, 11) is -3.33. The first-order chi connectivity index (χ1) is 11.4. The molecule has 1 aromatic carbocycles. The van der Waals surface area contributed by atoms with Crippen LogP contribution in [-0.4, -0.2) is 30.0 Å². The molecular weight excluding hydrogens is 326 g/mol. The van der Waals surface area contributed by atoms with Crippen LogP contribution in [0.25, 0.3) is 10.8 Å². The maximum absolute atomic E-state index is 12.4. The predicted molar refractivity (Wildman–Crippen MR) is 94.3 cm³/mol. The fraction of sp³-hybridized carbons (Fsp3) is 0.529. The molecule has 0 radical (unpaired) electrons. The Morgan fingerprint density at radius 1 is 1.29 bits per heavy atom. The minimum absolute atomic E-state index is 0.178. The van der Waals surface area contributed by atoms with E-state index in [0.29, 0.717) is 5.39 Å². The van der Waals surface area contributed by atoms with Gasteiger partial charge in [0.1, 0.15) is 0 Å². The molecule has 24 heavy (non-hydrogen) atoms. The second-order valence-electron chi connectivity index (χ2n) is 6.67. The van der Waals surface area contributed by atoms with Gasteiger partial charge in [0.05, 0.1) is 23.9 Å². The number of nitrogens with one attached hydrogen (secondary N) is 1. The van der Waals surface area contributed by atoms with Gasteiger partial charge < -0.3 is 0 Å². The highest BCUT2D eigenvalue weighted by atomic mass is 32.2. The molecule has 2 aromatic rings. The SMILES string of the molecule is CC(Cn1ncc2ccccc2c1=O)NS(=O)(=O)CC1CCCC1. The smallest absolute Gasteiger partial charge is 0.267 e. The van der Waals surface area contributed by atoms with Crippen LogP contribution in [0.3, 0.4) is 0 Å². The van der Waals surface area contributed by atoms with Gasteiger partial charge in [-0.2, -0.15) is 5.10 Å². The lowest BCUT2D eigenvalue weighted by Crippen LogP contribution is -2.40. The Balaban J connectivity index is 1.69. The largest absolute Gasteiger partial charge is 0.274 e. The molecule has 0 aliphatic heterocycles. The van der Waals surface area contributed by atoms with E-state index in [2.05, 4.69) is 9.82 Å². The summed E-state index contributed by atoms with van der Waals surface area (Å²) in [5.74, 6) is 0.438. The summed E-state index contributed by atoms with van der Waals surface area (Å²) >= 11 is 0. The highest BCUT2D eigenvalue weighted by Crippen LogP contribution is 2.25. The summed E-state index contributed by atoms with van der Waals surface area (Å²) in [6, 6.07) is 6.87. The third-order valence-corrected chi connectivity index (χ3v) is 6.19. The average molecular weight is 349 g/mol. The lowest BCUT2D eigenvalue weighted by molar-refractivity contribution is 0.475. The van der Waals surface area contributed by atoms with E-state index in [-0.39, 0.29) is 29.8 Å². The Hall–Kier alpha value is -1.73. The molecule has 1 unspecified atom stereocenters. The zero-order chi connectivity index (χ0) is 17.2. The van der Waals surface area contributed by atoms with Crippen molar-refractivity contribution in [1.82, 2.24) is 14.5 Å². The van der Waals surface area contributed by atoms with Crippen molar-refractivity contribution in [2.75, 3.05) is 5.75 Å². The lowest BCUT2D eigenvalue weighted by atomic mass is 10.1. The van der Waals surface area contributed by atoms with Crippen molar-refractivity contribution >= 4 is 20.8 Å². The third-order valence-electron chi connectivity index (χ3n) is 4.52. The van der Waals surface area contributed by atoms with Crippen molar-refractivity contribution in [3.63, 3.8) is 0 Å². The van der Waals surface area contributed by atoms with Crippen molar-refractivity contribution in [2.45, 2.75) is 45.2 Å². The molecule has 1 saturated carbocycles. The van der Waals surface area contributed by atoms with Crippen LogP contribution in [0.4, 0.5) is 0 Å². The highest BCUT2D eigenvalue weighted by Gasteiger charge is 2.24. The Morgan fingerprint density at radius 2 is 2.00 bits per heavy atom. The van der Waals surface area contributed by atoms with Gasteiger partial charge in [-0.3, -0.25) is 4.79 Å². The van der Waals surface area contributed by atoms with Gasteiger partial charge in [0, 0.05) is 11.4 Å². The van der Waals surface area contributed by atoms with Gasteiger partial charge in [0.15, 0.2) is 0 Å². The normalized spacial score (nSPS) is 17.4. The molecule has 3 rings (SSSR count). The molecule has 0 spiro atoms. The molecule has 0 amide bonds. The molecule has 1 aliphatic carbocycles. The number of nitrogens with zero attached hydrogens (tertiary/aromatic N) is 2. The first-order valence-electron chi connectivity index (χ1n) is 8.39. The molecule has 7 heteroatoms. The van der Waals surface area contributed by atoms with E-state index >= 15 is 0 Å². The van der Waals surface area contributed by atoms with E-state index in [0.717, 1.165) is 31.1 Å². The van der Waals surface area contributed by atoms with Crippen LogP contribution in [0.1, 0.15) is 32.6 Å². The topological polar surface area (TPSA) is 81.1 Å². The van der Waals surface area contributed by atoms with Gasteiger partial charge in [-0.15, -0.1) is 0 Å². The van der Waals surface area contributed by atoms with E-state index in [1.807, 2.05) is 18.2 Å². The summed E-state index contributed by atoms with van der Waals surface area (Å²) in [5, 5.41) is 5.53. The van der Waals surface area contributed by atoms with Crippen LogP contribution < -0.4 is 10.3 Å². The molecule has 1 aliphatic rings. The molecule has 1 atom stereocenters. The van der Waals surface area contributed by atoms with Crippen LogP contribution in [-0.2, 0) is 16.6 Å². The average Bonchev–Trinajstić information content (AvgIpc) is 3.02. The zero-order valence-electron chi connectivity index (χ0n) is 13.8. The summed E-state index contributed by atoms with van der Waals surface area (Å²) in [6.07, 6.45) is 5.84. The minimum atomic E-state index is -3.33. The Bertz CT molecular complexity index is 870. The van der Waals surface area contributed by atoms with E-state index < -0.39 is 10.0 Å². The lowest BCUT2D eigenvalue weighted by Gasteiger charge is -2.17. The molecule has 0 saturated heterocycles. The summed E-state index contributed by atoms with van der Waals surface area (Å²) in [5.41, 5.74) is -0.199. The van der Waals surface area contributed by atoms with E-state index in [1.54, 1.807) is 19.2 Å². The van der Waals surface area contributed by atoms with Crippen LogP contribution in [0.15, 0.2) is 35.3 Å². The van der Waals surface area contributed by atoms with E-state index in [1.165, 1.54) is 4.68 Å². The van der Waals surface area contributed by atoms with Crippen LogP contribution in [0.5, 0.6) is 0 Å². The number of aromatic nitrogens is 2. The monoisotopic (exact) mass is 349 g/mol. The first-order valence-corrected chi connectivity index (χ1v) is 10.0. The van der Waals surface area contributed by atoms with E-state index in [9.17, 15) is 13.2 Å². The summed E-state index contributed by atoms with van der Waals surface area (Å²) in [4.78, 5) is 12.4. The molecule has 1 heterocycles. The molecular formula is C17H23N3O3S. The van der Waals surface area contributed by atoms with E-state index in [4.69, 9.17) is 0 Å². The van der Waals surface area contributed by atoms with Crippen molar-refractivity contribution in [3.05, 3.63) is 40.8 Å². The zero-order valence-corrected chi connectivity index (χ0v) is 14.6. The number of rotatable bonds is 6. The van der Waals surface area contributed by atoms with Gasteiger partial charge in [-0.25, -0.2) is 17.8 Å². The van der Waals surface area contributed by atoms with Crippen molar-refractivity contribution in [2.24, 2.45) is 5.92 Å². The third kappa shape index (κ3) is 4.02. The van der Waals surface area contributed by atoms with Gasteiger partial charge in [0.25, 0.3) is 5.56 Å². The van der Waals surface area contributed by atoms with Crippen LogP contribution in [0, 0.1) is 5.92 Å². The number of sulfonamides is 1. The minimum Gasteiger partial charge on any atom is -0.267 e. The number of hydrogen-bond acceptors (Lipinski definition) is 4. The fourth-order valence-corrected chi connectivity index (χ4v) is 5.13. The highest BCUT2D eigenvalue weighted by molar-refractivity contribution is 7.89. The molecule has 6 nitrogen and oxygen atoms in total. The number of hydrogen-bond donors (Lipinski definition) is 1. The van der Waals surface area contributed by atoms with Crippen molar-refractivity contribution in [3.8, 4) is 0 Å². The van der Waals surface area contributed by atoms with Crippen molar-refractivity contribution < 1.29 is 8.42 Å². The first kappa shape index (κ1) is 17.1. The Labute approximate surface area is 141 Å². The van der Waals surface area contributed by atoms with Gasteiger partial charge in [-0.05, 0) is 31.7 Å². The van der Waals surface area contributed by atoms with Crippen LogP contribution >= 0.6 is 0 Å². The molecule has 1 N–H and O–H groups in total. The molecule has 1 aromatic heterocycles. The maximum atomic E-state index is 12.4. The predicted octanol–water partition coefficient (Wildman–Crippen LogP) is 1.89. The number of benzene rings is 1. The molecule has 130 valence electrons. The molecule has 1 fully saturated rings. The summed E-state index contributed by atoms with van der Waals surface area (Å²) < 4.78 is 28.5. The Kier molecular flexibility index (Phi) is 5.01. The maximum Gasteiger partial charge on any atom is 0.274 e. The molecule has 0 bridgehead atoms. The quantitative estimate of drug-likeness (QED) is 0.863. The fourth-order valence-electron chi connectivity index (χ4n) is 3.40.